The third-order valence-corrected chi connectivity index (χ3v) is 5.03. The van der Waals surface area contributed by atoms with Gasteiger partial charge in [-0.3, -0.25) is 9.59 Å². The molecule has 0 bridgehead atoms. The molecule has 4 nitrogen and oxygen atoms in total. The quantitative estimate of drug-likeness (QED) is 0.841. The number of rotatable bonds is 2. The van der Waals surface area contributed by atoms with Gasteiger partial charge in [0.15, 0.2) is 0 Å². The lowest BCUT2D eigenvalue weighted by molar-refractivity contribution is -0.136. The third kappa shape index (κ3) is 3.23. The number of hydrogen-bond donors (Lipinski definition) is 0. The minimum atomic E-state index is -0.365. The van der Waals surface area contributed by atoms with Gasteiger partial charge in [-0.2, -0.15) is 0 Å². The predicted octanol–water partition coefficient (Wildman–Crippen LogP) is 2.75. The highest BCUT2D eigenvalue weighted by molar-refractivity contribution is 5.90. The van der Waals surface area contributed by atoms with E-state index in [0.29, 0.717) is 0 Å². The fraction of sp³-hybridized carbons (Fsp3) is 0.556. The second-order valence-corrected chi connectivity index (χ2v) is 6.55. The Hall–Kier alpha value is -1.91. The molecule has 1 aromatic carbocycles. The topological polar surface area (TPSA) is 40.6 Å². The third-order valence-electron chi connectivity index (χ3n) is 5.03. The van der Waals surface area contributed by atoms with E-state index in [1.54, 1.807) is 24.1 Å². The van der Waals surface area contributed by atoms with Gasteiger partial charge in [0.2, 0.25) is 11.8 Å². The van der Waals surface area contributed by atoms with E-state index < -0.39 is 0 Å². The first-order valence-electron chi connectivity index (χ1n) is 8.38. The first-order chi connectivity index (χ1) is 11.1. The van der Waals surface area contributed by atoms with Crippen LogP contribution < -0.4 is 0 Å². The summed E-state index contributed by atoms with van der Waals surface area (Å²) < 4.78 is 13.2. The summed E-state index contributed by atoms with van der Waals surface area (Å²) in [6.45, 7) is 1.56. The van der Waals surface area contributed by atoms with E-state index in [4.69, 9.17) is 0 Å². The molecule has 0 spiro atoms. The molecule has 2 heterocycles. The number of likely N-dealkylation sites (tertiary alicyclic amines) is 2. The molecule has 2 saturated heterocycles. The Morgan fingerprint density at radius 3 is 2.30 bits per heavy atom. The van der Waals surface area contributed by atoms with Crippen LogP contribution >= 0.6 is 0 Å². The van der Waals surface area contributed by atoms with Crippen LogP contribution in [0, 0.1) is 11.7 Å². The molecule has 2 aliphatic heterocycles. The minimum Gasteiger partial charge on any atom is -0.342 e. The van der Waals surface area contributed by atoms with Crippen LogP contribution in [0.2, 0.25) is 0 Å². The lowest BCUT2D eigenvalue weighted by Gasteiger charge is -2.29. The Morgan fingerprint density at radius 2 is 1.70 bits per heavy atom. The minimum absolute atomic E-state index is 0.0208. The summed E-state index contributed by atoms with van der Waals surface area (Å²) in [4.78, 5) is 28.7. The van der Waals surface area contributed by atoms with Crippen LogP contribution in [0.4, 0.5) is 4.39 Å². The fourth-order valence-electron chi connectivity index (χ4n) is 3.73. The number of halogens is 1. The molecular formula is C18H23FN2O2. The van der Waals surface area contributed by atoms with E-state index in [-0.39, 0.29) is 36.0 Å². The highest BCUT2D eigenvalue weighted by atomic mass is 19.1. The van der Waals surface area contributed by atoms with Crippen LogP contribution in [-0.2, 0) is 9.59 Å². The Balaban J connectivity index is 1.84. The van der Waals surface area contributed by atoms with Crippen molar-refractivity contribution in [3.05, 3.63) is 35.6 Å². The zero-order valence-corrected chi connectivity index (χ0v) is 13.5. The van der Waals surface area contributed by atoms with Gasteiger partial charge in [0, 0.05) is 26.6 Å². The average molecular weight is 318 g/mol. The SMILES string of the molecule is CN1C(=O)C[C@@H](C(=O)N2CCCCCC2)[C@@H]1c1ccc(F)cc1. The molecule has 0 unspecified atom stereocenters. The highest BCUT2D eigenvalue weighted by Gasteiger charge is 2.44. The number of nitrogens with zero attached hydrogens (tertiary/aromatic N) is 2. The number of amides is 2. The van der Waals surface area contributed by atoms with E-state index in [2.05, 4.69) is 0 Å². The second-order valence-electron chi connectivity index (χ2n) is 6.55. The highest BCUT2D eigenvalue weighted by Crippen LogP contribution is 2.38. The van der Waals surface area contributed by atoms with Crippen molar-refractivity contribution in [3.63, 3.8) is 0 Å². The van der Waals surface area contributed by atoms with Crippen LogP contribution in [0.15, 0.2) is 24.3 Å². The molecule has 2 atom stereocenters. The van der Waals surface area contributed by atoms with Gasteiger partial charge in [0.1, 0.15) is 5.82 Å². The molecule has 23 heavy (non-hydrogen) atoms. The van der Waals surface area contributed by atoms with E-state index in [1.807, 2.05) is 4.90 Å². The van der Waals surface area contributed by atoms with E-state index in [9.17, 15) is 14.0 Å². The van der Waals surface area contributed by atoms with Gasteiger partial charge in [-0.25, -0.2) is 4.39 Å². The Bertz CT molecular complexity index is 579. The van der Waals surface area contributed by atoms with Crippen molar-refractivity contribution in [1.29, 1.82) is 0 Å². The fourth-order valence-corrected chi connectivity index (χ4v) is 3.73. The maximum Gasteiger partial charge on any atom is 0.228 e. The maximum atomic E-state index is 13.2. The van der Waals surface area contributed by atoms with Crippen LogP contribution in [0.3, 0.4) is 0 Å². The lowest BCUT2D eigenvalue weighted by Crippen LogP contribution is -2.39. The molecule has 0 N–H and O–H groups in total. The largest absolute Gasteiger partial charge is 0.342 e. The van der Waals surface area contributed by atoms with Gasteiger partial charge < -0.3 is 9.80 Å². The molecule has 0 saturated carbocycles. The smallest absolute Gasteiger partial charge is 0.228 e. The van der Waals surface area contributed by atoms with Crippen LogP contribution in [-0.4, -0.2) is 41.8 Å². The normalized spacial score (nSPS) is 25.6. The maximum absolute atomic E-state index is 13.2. The first-order valence-corrected chi connectivity index (χ1v) is 8.38. The van der Waals surface area contributed by atoms with Gasteiger partial charge >= 0.3 is 0 Å². The molecule has 2 aliphatic rings. The Morgan fingerprint density at radius 1 is 1.09 bits per heavy atom. The molecule has 2 amide bonds. The predicted molar refractivity (Wildman–Crippen MR) is 85.1 cm³/mol. The molecule has 1 aromatic rings. The number of hydrogen-bond acceptors (Lipinski definition) is 2. The van der Waals surface area contributed by atoms with E-state index in [0.717, 1.165) is 44.3 Å². The van der Waals surface area contributed by atoms with E-state index in [1.165, 1.54) is 12.1 Å². The summed E-state index contributed by atoms with van der Waals surface area (Å²) in [6.07, 6.45) is 4.63. The van der Waals surface area contributed by atoms with Crippen molar-refractivity contribution in [2.45, 2.75) is 38.1 Å². The summed E-state index contributed by atoms with van der Waals surface area (Å²) in [5.41, 5.74) is 0.827. The second kappa shape index (κ2) is 6.69. The number of benzene rings is 1. The van der Waals surface area contributed by atoms with Crippen molar-refractivity contribution in [1.82, 2.24) is 9.80 Å². The summed E-state index contributed by atoms with van der Waals surface area (Å²) >= 11 is 0. The van der Waals surface area contributed by atoms with Gasteiger partial charge in [0.25, 0.3) is 0 Å². The van der Waals surface area contributed by atoms with Crippen molar-refractivity contribution < 1.29 is 14.0 Å². The Kier molecular flexibility index (Phi) is 4.64. The van der Waals surface area contributed by atoms with Crippen molar-refractivity contribution in [2.75, 3.05) is 20.1 Å². The number of carbonyl (C=O) groups excluding carboxylic acids is 2. The molecular weight excluding hydrogens is 295 g/mol. The molecule has 0 aromatic heterocycles. The van der Waals surface area contributed by atoms with Crippen molar-refractivity contribution >= 4 is 11.8 Å². The Labute approximate surface area is 136 Å². The standard InChI is InChI=1S/C18H23FN2O2/c1-20-16(22)12-15(17(20)13-6-8-14(19)9-7-13)18(23)21-10-4-2-3-5-11-21/h6-9,15,17H,2-5,10-12H2,1H3/t15-,17+/m1/s1. The van der Waals surface area contributed by atoms with Crippen LogP contribution in [0.1, 0.15) is 43.7 Å². The van der Waals surface area contributed by atoms with E-state index >= 15 is 0 Å². The average Bonchev–Trinajstić information content (AvgIpc) is 2.75. The summed E-state index contributed by atoms with van der Waals surface area (Å²) in [7, 11) is 1.73. The van der Waals surface area contributed by atoms with Gasteiger partial charge in [-0.1, -0.05) is 25.0 Å². The zero-order chi connectivity index (χ0) is 16.4. The number of carbonyl (C=O) groups is 2. The van der Waals surface area contributed by atoms with Gasteiger partial charge in [-0.15, -0.1) is 0 Å². The van der Waals surface area contributed by atoms with Crippen LogP contribution in [0.25, 0.3) is 0 Å². The summed E-state index contributed by atoms with van der Waals surface area (Å²) in [5, 5.41) is 0. The summed E-state index contributed by atoms with van der Waals surface area (Å²) in [6, 6.07) is 5.84. The molecule has 3 rings (SSSR count). The van der Waals surface area contributed by atoms with Crippen molar-refractivity contribution in [3.8, 4) is 0 Å². The molecule has 0 radical (unpaired) electrons. The zero-order valence-electron chi connectivity index (χ0n) is 13.5. The molecule has 0 aliphatic carbocycles. The molecule has 2 fully saturated rings. The van der Waals surface area contributed by atoms with Gasteiger partial charge in [0.05, 0.1) is 12.0 Å². The van der Waals surface area contributed by atoms with Crippen LogP contribution in [0.5, 0.6) is 0 Å². The summed E-state index contributed by atoms with van der Waals surface area (Å²) in [5.74, 6) is -0.626. The monoisotopic (exact) mass is 318 g/mol. The lowest BCUT2D eigenvalue weighted by atomic mass is 9.92. The van der Waals surface area contributed by atoms with Crippen molar-refractivity contribution in [2.24, 2.45) is 5.92 Å². The molecule has 124 valence electrons. The molecule has 5 heteroatoms. The first kappa shape index (κ1) is 16.0. The van der Waals surface area contributed by atoms with Gasteiger partial charge in [-0.05, 0) is 30.5 Å².